The van der Waals surface area contributed by atoms with Crippen LogP contribution in [0.2, 0.25) is 0 Å². The Morgan fingerprint density at radius 1 is 1.35 bits per heavy atom. The van der Waals surface area contributed by atoms with Gasteiger partial charge in [-0.3, -0.25) is 4.79 Å². The van der Waals surface area contributed by atoms with Crippen molar-refractivity contribution >= 4 is 5.91 Å². The molecule has 1 aliphatic carbocycles. The normalized spacial score (nSPS) is 17.3. The van der Waals surface area contributed by atoms with Crippen LogP contribution in [0.25, 0.3) is 0 Å². The van der Waals surface area contributed by atoms with Crippen molar-refractivity contribution in [2.75, 3.05) is 20.3 Å². The average Bonchev–Trinajstić information content (AvgIpc) is 3.27. The van der Waals surface area contributed by atoms with E-state index in [-0.39, 0.29) is 18.4 Å². The highest BCUT2D eigenvalue weighted by Gasteiger charge is 2.49. The molecule has 1 aromatic carbocycles. The van der Waals surface area contributed by atoms with Crippen LogP contribution in [0.4, 0.5) is 0 Å². The van der Waals surface area contributed by atoms with Crippen molar-refractivity contribution < 1.29 is 14.3 Å². The lowest BCUT2D eigenvalue weighted by Gasteiger charge is -2.30. The van der Waals surface area contributed by atoms with E-state index in [4.69, 9.17) is 15.2 Å². The first-order valence-corrected chi connectivity index (χ1v) is 6.97. The number of carbonyl (C=O) groups excluding carboxylic acids is 1. The molecule has 1 aromatic rings. The first kappa shape index (κ1) is 14.7. The second-order valence-electron chi connectivity index (χ2n) is 5.03. The Bertz CT molecular complexity index is 474. The topological polar surface area (TPSA) is 73.6 Å². The summed E-state index contributed by atoms with van der Waals surface area (Å²) in [6.45, 7) is 2.70. The highest BCUT2D eigenvalue weighted by atomic mass is 16.5. The zero-order chi connectivity index (χ0) is 14.6. The molecule has 0 spiro atoms. The number of hydrogen-bond acceptors (Lipinski definition) is 4. The maximum absolute atomic E-state index is 11.8. The lowest BCUT2D eigenvalue weighted by atomic mass is 9.93. The number of carbonyl (C=O) groups is 1. The minimum atomic E-state index is -0.792. The molecule has 1 amide bonds. The van der Waals surface area contributed by atoms with E-state index in [0.717, 1.165) is 12.8 Å². The fourth-order valence-corrected chi connectivity index (χ4v) is 2.40. The molecule has 1 unspecified atom stereocenters. The number of nitrogens with one attached hydrogen (secondary N) is 1. The van der Waals surface area contributed by atoms with Gasteiger partial charge in [-0.2, -0.15) is 0 Å². The fourth-order valence-electron chi connectivity index (χ4n) is 2.40. The van der Waals surface area contributed by atoms with Crippen molar-refractivity contribution in [1.29, 1.82) is 0 Å². The largest absolute Gasteiger partial charge is 0.490 e. The number of para-hydroxylation sites is 2. The first-order chi connectivity index (χ1) is 9.64. The lowest BCUT2D eigenvalue weighted by molar-refractivity contribution is -0.126. The van der Waals surface area contributed by atoms with Crippen LogP contribution in [0, 0.1) is 5.92 Å². The highest BCUT2D eigenvalue weighted by Crippen LogP contribution is 2.40. The SMILES string of the molecule is CCOc1ccccc1OCC(NC)(C(N)=O)C1CC1. The Hall–Kier alpha value is -1.75. The Morgan fingerprint density at radius 2 is 1.95 bits per heavy atom. The summed E-state index contributed by atoms with van der Waals surface area (Å²) in [5.41, 5.74) is 4.78. The van der Waals surface area contributed by atoms with E-state index in [1.54, 1.807) is 7.05 Å². The van der Waals surface area contributed by atoms with Crippen molar-refractivity contribution in [3.8, 4) is 11.5 Å². The average molecular weight is 278 g/mol. The Balaban J connectivity index is 2.12. The van der Waals surface area contributed by atoms with Gasteiger partial charge in [-0.25, -0.2) is 0 Å². The summed E-state index contributed by atoms with van der Waals surface area (Å²) in [6, 6.07) is 7.44. The summed E-state index contributed by atoms with van der Waals surface area (Å²) in [6.07, 6.45) is 2.00. The number of rotatable bonds is 8. The second kappa shape index (κ2) is 6.13. The van der Waals surface area contributed by atoms with Crippen LogP contribution in [-0.2, 0) is 4.79 Å². The molecule has 3 N–H and O–H groups in total. The molecule has 0 heterocycles. The van der Waals surface area contributed by atoms with Gasteiger partial charge in [-0.05, 0) is 44.9 Å². The summed E-state index contributed by atoms with van der Waals surface area (Å²) in [4.78, 5) is 11.8. The molecule has 0 bridgehead atoms. The predicted molar refractivity (Wildman–Crippen MR) is 76.8 cm³/mol. The lowest BCUT2D eigenvalue weighted by Crippen LogP contribution is -2.59. The second-order valence-corrected chi connectivity index (χ2v) is 5.03. The number of ether oxygens (including phenoxy) is 2. The smallest absolute Gasteiger partial charge is 0.241 e. The Labute approximate surface area is 119 Å². The van der Waals surface area contributed by atoms with Gasteiger partial charge in [0, 0.05) is 0 Å². The molecule has 5 nitrogen and oxygen atoms in total. The first-order valence-electron chi connectivity index (χ1n) is 6.97. The standard InChI is InChI=1S/C15H22N2O3/c1-3-19-12-6-4-5-7-13(12)20-10-15(17-2,14(16)18)11-8-9-11/h4-7,11,17H,3,8-10H2,1-2H3,(H2,16,18). The maximum atomic E-state index is 11.8. The molecule has 2 rings (SSSR count). The Morgan fingerprint density at radius 3 is 2.40 bits per heavy atom. The van der Waals surface area contributed by atoms with Gasteiger partial charge in [0.05, 0.1) is 6.61 Å². The van der Waals surface area contributed by atoms with Crippen molar-refractivity contribution in [1.82, 2.24) is 5.32 Å². The Kier molecular flexibility index (Phi) is 4.49. The third-order valence-corrected chi connectivity index (χ3v) is 3.76. The molecule has 1 aliphatic rings. The van der Waals surface area contributed by atoms with E-state index in [0.29, 0.717) is 18.1 Å². The summed E-state index contributed by atoms with van der Waals surface area (Å²) in [5, 5.41) is 3.06. The number of benzene rings is 1. The van der Waals surface area contributed by atoms with Gasteiger partial charge in [0.2, 0.25) is 5.91 Å². The fraction of sp³-hybridized carbons (Fsp3) is 0.533. The van der Waals surface area contributed by atoms with Gasteiger partial charge in [0.25, 0.3) is 0 Å². The van der Waals surface area contributed by atoms with Crippen molar-refractivity contribution in [3.63, 3.8) is 0 Å². The monoisotopic (exact) mass is 278 g/mol. The molecule has 1 saturated carbocycles. The van der Waals surface area contributed by atoms with E-state index in [1.165, 1.54) is 0 Å². The molecule has 0 aliphatic heterocycles. The highest BCUT2D eigenvalue weighted by molar-refractivity contribution is 5.85. The van der Waals surface area contributed by atoms with E-state index >= 15 is 0 Å². The molecular weight excluding hydrogens is 256 g/mol. The number of nitrogens with two attached hydrogens (primary N) is 1. The van der Waals surface area contributed by atoms with Crippen molar-refractivity contribution in [3.05, 3.63) is 24.3 Å². The van der Waals surface area contributed by atoms with E-state index in [1.807, 2.05) is 31.2 Å². The molecule has 1 atom stereocenters. The van der Waals surface area contributed by atoms with Crippen LogP contribution in [0.15, 0.2) is 24.3 Å². The van der Waals surface area contributed by atoms with Crippen LogP contribution in [-0.4, -0.2) is 31.7 Å². The van der Waals surface area contributed by atoms with Gasteiger partial charge in [-0.15, -0.1) is 0 Å². The number of likely N-dealkylation sites (N-methyl/N-ethyl adjacent to an activating group) is 1. The van der Waals surface area contributed by atoms with Gasteiger partial charge < -0.3 is 20.5 Å². The van der Waals surface area contributed by atoms with Crippen LogP contribution < -0.4 is 20.5 Å². The predicted octanol–water partition coefficient (Wildman–Crippen LogP) is 1.32. The minimum Gasteiger partial charge on any atom is -0.490 e. The summed E-state index contributed by atoms with van der Waals surface area (Å²) in [5.74, 6) is 1.21. The third kappa shape index (κ3) is 2.88. The molecule has 1 fully saturated rings. The molecule has 0 saturated heterocycles. The molecular formula is C15H22N2O3. The van der Waals surface area contributed by atoms with Gasteiger partial charge >= 0.3 is 0 Å². The van der Waals surface area contributed by atoms with E-state index in [9.17, 15) is 4.79 Å². The van der Waals surface area contributed by atoms with Gasteiger partial charge in [-0.1, -0.05) is 12.1 Å². The van der Waals surface area contributed by atoms with Crippen LogP contribution in [0.5, 0.6) is 11.5 Å². The van der Waals surface area contributed by atoms with E-state index < -0.39 is 5.54 Å². The zero-order valence-corrected chi connectivity index (χ0v) is 12.0. The number of hydrogen-bond donors (Lipinski definition) is 2. The summed E-state index contributed by atoms with van der Waals surface area (Å²) < 4.78 is 11.3. The van der Waals surface area contributed by atoms with Crippen molar-refractivity contribution in [2.45, 2.75) is 25.3 Å². The number of primary amides is 1. The minimum absolute atomic E-state index is 0.216. The van der Waals surface area contributed by atoms with Crippen LogP contribution in [0.1, 0.15) is 19.8 Å². The summed E-state index contributed by atoms with van der Waals surface area (Å²) in [7, 11) is 1.75. The quantitative estimate of drug-likeness (QED) is 0.752. The molecule has 20 heavy (non-hydrogen) atoms. The van der Waals surface area contributed by atoms with Crippen LogP contribution in [0.3, 0.4) is 0 Å². The molecule has 0 radical (unpaired) electrons. The number of amides is 1. The molecule has 110 valence electrons. The van der Waals surface area contributed by atoms with Gasteiger partial charge in [0.15, 0.2) is 11.5 Å². The van der Waals surface area contributed by atoms with E-state index in [2.05, 4.69) is 5.32 Å². The molecule has 0 aromatic heterocycles. The van der Waals surface area contributed by atoms with Crippen molar-refractivity contribution in [2.24, 2.45) is 11.7 Å². The van der Waals surface area contributed by atoms with Gasteiger partial charge in [0.1, 0.15) is 12.1 Å². The molecule has 5 heteroatoms. The summed E-state index contributed by atoms with van der Waals surface area (Å²) >= 11 is 0. The maximum Gasteiger partial charge on any atom is 0.241 e. The van der Waals surface area contributed by atoms with Crippen LogP contribution >= 0.6 is 0 Å². The zero-order valence-electron chi connectivity index (χ0n) is 12.0. The third-order valence-electron chi connectivity index (χ3n) is 3.76.